The van der Waals surface area contributed by atoms with Gasteiger partial charge >= 0.3 is 0 Å². The zero-order valence-corrected chi connectivity index (χ0v) is 16.4. The number of fused-ring (bicyclic) bond motifs is 1. The normalized spacial score (nSPS) is 11.1. The molecule has 0 saturated carbocycles. The first kappa shape index (κ1) is 15.3. The molecule has 3 rings (SSSR count). The van der Waals surface area contributed by atoms with Crippen LogP contribution in [0.5, 0.6) is 0 Å². The highest BCUT2D eigenvalue weighted by molar-refractivity contribution is 9.14. The minimum atomic E-state index is 1.05. The molecule has 0 fully saturated rings. The van der Waals surface area contributed by atoms with Crippen molar-refractivity contribution in [2.75, 3.05) is 0 Å². The lowest BCUT2D eigenvalue weighted by Gasteiger charge is -2.16. The van der Waals surface area contributed by atoms with Crippen molar-refractivity contribution >= 4 is 58.6 Å². The molecule has 106 valence electrons. The minimum Gasteiger partial charge on any atom is -0.0614 e. The first-order valence-electron chi connectivity index (χ1n) is 6.63. The molecule has 0 N–H and O–H groups in total. The van der Waals surface area contributed by atoms with Gasteiger partial charge in [-0.15, -0.1) is 0 Å². The van der Waals surface area contributed by atoms with Crippen LogP contribution in [0.15, 0.2) is 55.9 Å². The maximum Gasteiger partial charge on any atom is 0.0472 e. The quantitative estimate of drug-likeness (QED) is 0.326. The van der Waals surface area contributed by atoms with Gasteiger partial charge in [0.15, 0.2) is 0 Å². The van der Waals surface area contributed by atoms with Crippen LogP contribution >= 0.6 is 47.8 Å². The Balaban J connectivity index is 2.52. The summed E-state index contributed by atoms with van der Waals surface area (Å²) in [7, 11) is 0. The largest absolute Gasteiger partial charge is 0.0614 e. The van der Waals surface area contributed by atoms with Crippen molar-refractivity contribution in [3.8, 4) is 11.1 Å². The highest BCUT2D eigenvalue weighted by Crippen LogP contribution is 2.46. The Labute approximate surface area is 150 Å². The standard InChI is InChI=1S/C18H13Br3/c1-10-5-3-7-12(9-10)15-14-11(2)6-4-8-13(14)16(19)18(21)17(15)20/h3-9H,1-2H3. The van der Waals surface area contributed by atoms with E-state index in [0.29, 0.717) is 0 Å². The molecule has 0 aromatic heterocycles. The molecule has 0 saturated heterocycles. The third kappa shape index (κ3) is 2.60. The van der Waals surface area contributed by atoms with E-state index in [1.807, 2.05) is 0 Å². The fraction of sp³-hybridized carbons (Fsp3) is 0.111. The number of benzene rings is 3. The van der Waals surface area contributed by atoms with E-state index in [4.69, 9.17) is 0 Å². The Morgan fingerprint density at radius 3 is 2.19 bits per heavy atom. The third-order valence-electron chi connectivity index (χ3n) is 3.67. The van der Waals surface area contributed by atoms with Gasteiger partial charge in [-0.1, -0.05) is 48.0 Å². The molecule has 0 bridgehead atoms. The monoisotopic (exact) mass is 466 g/mol. The molecule has 21 heavy (non-hydrogen) atoms. The number of hydrogen-bond donors (Lipinski definition) is 0. The molecule has 0 aliphatic rings. The third-order valence-corrected chi connectivity index (χ3v) is 7.14. The van der Waals surface area contributed by atoms with Gasteiger partial charge in [0.05, 0.1) is 0 Å². The zero-order chi connectivity index (χ0) is 15.1. The summed E-state index contributed by atoms with van der Waals surface area (Å²) in [6.07, 6.45) is 0. The molecule has 0 atom stereocenters. The lowest BCUT2D eigenvalue weighted by molar-refractivity contribution is 1.45. The molecule has 0 nitrogen and oxygen atoms in total. The van der Waals surface area contributed by atoms with Crippen LogP contribution in [0.2, 0.25) is 0 Å². The highest BCUT2D eigenvalue weighted by Gasteiger charge is 2.17. The van der Waals surface area contributed by atoms with E-state index in [-0.39, 0.29) is 0 Å². The molecule has 0 aliphatic heterocycles. The van der Waals surface area contributed by atoms with Crippen LogP contribution in [0.25, 0.3) is 21.9 Å². The molecule has 3 aromatic rings. The Hall–Kier alpha value is -0.640. The molecular weight excluding hydrogens is 456 g/mol. The van der Waals surface area contributed by atoms with Crippen molar-refractivity contribution in [2.24, 2.45) is 0 Å². The molecule has 0 heterocycles. The van der Waals surface area contributed by atoms with E-state index < -0.39 is 0 Å². The number of rotatable bonds is 1. The predicted octanol–water partition coefficient (Wildman–Crippen LogP) is 7.41. The van der Waals surface area contributed by atoms with Crippen LogP contribution in [-0.2, 0) is 0 Å². The molecule has 3 aromatic carbocycles. The van der Waals surface area contributed by atoms with Crippen molar-refractivity contribution in [1.82, 2.24) is 0 Å². The van der Waals surface area contributed by atoms with Gasteiger partial charge in [0.2, 0.25) is 0 Å². The Kier molecular flexibility index (Phi) is 4.26. The van der Waals surface area contributed by atoms with Gasteiger partial charge in [0.25, 0.3) is 0 Å². The maximum absolute atomic E-state index is 3.77. The minimum absolute atomic E-state index is 1.05. The van der Waals surface area contributed by atoms with Crippen molar-refractivity contribution in [2.45, 2.75) is 13.8 Å². The van der Waals surface area contributed by atoms with Crippen LogP contribution in [0.3, 0.4) is 0 Å². The molecule has 0 amide bonds. The van der Waals surface area contributed by atoms with E-state index in [2.05, 4.69) is 104 Å². The Morgan fingerprint density at radius 1 is 0.762 bits per heavy atom. The highest BCUT2D eigenvalue weighted by atomic mass is 79.9. The van der Waals surface area contributed by atoms with E-state index >= 15 is 0 Å². The maximum atomic E-state index is 3.77. The summed E-state index contributed by atoms with van der Waals surface area (Å²) in [6.45, 7) is 4.29. The van der Waals surface area contributed by atoms with Crippen molar-refractivity contribution in [3.63, 3.8) is 0 Å². The summed E-state index contributed by atoms with van der Waals surface area (Å²) < 4.78 is 3.23. The predicted molar refractivity (Wildman–Crippen MR) is 102 cm³/mol. The summed E-state index contributed by atoms with van der Waals surface area (Å²) in [5.41, 5.74) is 5.01. The first-order valence-corrected chi connectivity index (χ1v) is 9.01. The topological polar surface area (TPSA) is 0 Å². The molecule has 0 aliphatic carbocycles. The second kappa shape index (κ2) is 5.86. The van der Waals surface area contributed by atoms with Crippen LogP contribution in [0.1, 0.15) is 11.1 Å². The SMILES string of the molecule is Cc1cccc(-c2c(Br)c(Br)c(Br)c3cccc(C)c23)c1. The fourth-order valence-corrected chi connectivity index (χ4v) is 4.52. The summed E-state index contributed by atoms with van der Waals surface area (Å²) in [5.74, 6) is 0. The van der Waals surface area contributed by atoms with Gasteiger partial charge in [0.1, 0.15) is 0 Å². The van der Waals surface area contributed by atoms with E-state index in [9.17, 15) is 0 Å². The second-order valence-electron chi connectivity index (χ2n) is 5.18. The molecule has 3 heteroatoms. The summed E-state index contributed by atoms with van der Waals surface area (Å²) >= 11 is 11.2. The van der Waals surface area contributed by atoms with Crippen molar-refractivity contribution in [1.29, 1.82) is 0 Å². The summed E-state index contributed by atoms with van der Waals surface area (Å²) in [4.78, 5) is 0. The van der Waals surface area contributed by atoms with Gasteiger partial charge in [-0.05, 0) is 83.5 Å². The van der Waals surface area contributed by atoms with Gasteiger partial charge in [-0.2, -0.15) is 0 Å². The molecule has 0 radical (unpaired) electrons. The van der Waals surface area contributed by atoms with Gasteiger partial charge < -0.3 is 0 Å². The van der Waals surface area contributed by atoms with E-state index in [1.54, 1.807) is 0 Å². The number of aryl methyl sites for hydroxylation is 2. The Morgan fingerprint density at radius 2 is 1.48 bits per heavy atom. The van der Waals surface area contributed by atoms with Crippen molar-refractivity contribution < 1.29 is 0 Å². The Bertz CT molecular complexity index is 851. The van der Waals surface area contributed by atoms with Crippen LogP contribution in [-0.4, -0.2) is 0 Å². The zero-order valence-electron chi connectivity index (χ0n) is 11.7. The number of halogens is 3. The smallest absolute Gasteiger partial charge is 0.0472 e. The summed E-state index contributed by atoms with van der Waals surface area (Å²) in [6, 6.07) is 15.0. The van der Waals surface area contributed by atoms with Gasteiger partial charge in [-0.25, -0.2) is 0 Å². The van der Waals surface area contributed by atoms with E-state index in [1.165, 1.54) is 33.0 Å². The lowest BCUT2D eigenvalue weighted by atomic mass is 9.94. The van der Waals surface area contributed by atoms with Gasteiger partial charge in [0, 0.05) is 19.0 Å². The molecule has 0 unspecified atom stereocenters. The number of hydrogen-bond acceptors (Lipinski definition) is 0. The van der Waals surface area contributed by atoms with Crippen LogP contribution < -0.4 is 0 Å². The fourth-order valence-electron chi connectivity index (χ4n) is 2.69. The van der Waals surface area contributed by atoms with Crippen LogP contribution in [0, 0.1) is 13.8 Å². The van der Waals surface area contributed by atoms with E-state index in [0.717, 1.165) is 13.4 Å². The van der Waals surface area contributed by atoms with Crippen LogP contribution in [0.4, 0.5) is 0 Å². The molecule has 0 spiro atoms. The average molecular weight is 469 g/mol. The average Bonchev–Trinajstić information content (AvgIpc) is 2.46. The second-order valence-corrected chi connectivity index (χ2v) is 7.56. The molecular formula is C18H13Br3. The summed E-state index contributed by atoms with van der Waals surface area (Å²) in [5, 5.41) is 2.51. The van der Waals surface area contributed by atoms with Crippen molar-refractivity contribution in [3.05, 3.63) is 67.0 Å². The van der Waals surface area contributed by atoms with Gasteiger partial charge in [-0.3, -0.25) is 0 Å². The lowest BCUT2D eigenvalue weighted by Crippen LogP contribution is -1.90. The first-order chi connectivity index (χ1) is 10.0.